The Balaban J connectivity index is 1.46. The number of carbonyl (C=O) groups is 3. The minimum Gasteiger partial charge on any atom is -0.434 e. The Bertz CT molecular complexity index is 982. The van der Waals surface area contributed by atoms with E-state index in [0.717, 1.165) is 0 Å². The molecular weight excluding hydrogens is 415 g/mol. The molecule has 0 atom stereocenters. The summed E-state index contributed by atoms with van der Waals surface area (Å²) in [4.78, 5) is 37.9. The van der Waals surface area contributed by atoms with E-state index in [0.29, 0.717) is 42.8 Å². The molecule has 0 aromatic heterocycles. The van der Waals surface area contributed by atoms with Crippen LogP contribution in [0, 0.1) is 5.82 Å². The van der Waals surface area contributed by atoms with Gasteiger partial charge in [0.05, 0.1) is 6.61 Å². The van der Waals surface area contributed by atoms with E-state index in [9.17, 15) is 18.8 Å². The first-order valence-corrected chi connectivity index (χ1v) is 10.4. The van der Waals surface area contributed by atoms with Crippen LogP contribution in [0.5, 0.6) is 5.75 Å². The van der Waals surface area contributed by atoms with Gasteiger partial charge in [-0.1, -0.05) is 18.2 Å². The maximum absolute atomic E-state index is 13.6. The third-order valence-electron chi connectivity index (χ3n) is 5.01. The summed E-state index contributed by atoms with van der Waals surface area (Å²) in [6.07, 6.45) is 3.21. The van der Waals surface area contributed by atoms with Crippen molar-refractivity contribution in [2.75, 3.05) is 19.7 Å². The molecule has 0 bridgehead atoms. The lowest BCUT2D eigenvalue weighted by Crippen LogP contribution is -2.46. The summed E-state index contributed by atoms with van der Waals surface area (Å²) in [5.41, 5.74) is 0.832. The number of nitrogens with zero attached hydrogens (tertiary/aromatic N) is 1. The Labute approximate surface area is 185 Å². The van der Waals surface area contributed by atoms with Gasteiger partial charge in [0.2, 0.25) is 5.91 Å². The number of ether oxygens (including phenoxy) is 2. The van der Waals surface area contributed by atoms with Crippen LogP contribution in [-0.2, 0) is 9.53 Å². The maximum Gasteiger partial charge on any atom is 0.513 e. The van der Waals surface area contributed by atoms with Gasteiger partial charge in [-0.05, 0) is 56.2 Å². The Hall–Kier alpha value is -3.68. The Morgan fingerprint density at radius 1 is 1.09 bits per heavy atom. The number of carbonyl (C=O) groups excluding carboxylic acids is 3. The summed E-state index contributed by atoms with van der Waals surface area (Å²) in [6.45, 7) is 2.90. The van der Waals surface area contributed by atoms with E-state index in [1.807, 2.05) is 0 Å². The number of amides is 2. The predicted octanol–water partition coefficient (Wildman–Crippen LogP) is 3.80. The van der Waals surface area contributed by atoms with Gasteiger partial charge in [0, 0.05) is 36.3 Å². The van der Waals surface area contributed by atoms with Crippen LogP contribution in [0.2, 0.25) is 0 Å². The summed E-state index contributed by atoms with van der Waals surface area (Å²) in [6, 6.07) is 12.4. The lowest BCUT2D eigenvalue weighted by Gasteiger charge is -2.32. The number of halogens is 1. The van der Waals surface area contributed by atoms with Gasteiger partial charge in [-0.15, -0.1) is 0 Å². The van der Waals surface area contributed by atoms with Gasteiger partial charge in [-0.25, -0.2) is 9.18 Å². The number of hydrogen-bond donors (Lipinski definition) is 1. The largest absolute Gasteiger partial charge is 0.513 e. The predicted molar refractivity (Wildman–Crippen MR) is 117 cm³/mol. The zero-order chi connectivity index (χ0) is 22.9. The number of benzene rings is 2. The summed E-state index contributed by atoms with van der Waals surface area (Å²) >= 11 is 0. The molecule has 1 aliphatic heterocycles. The van der Waals surface area contributed by atoms with Crippen LogP contribution in [0.1, 0.15) is 35.7 Å². The highest BCUT2D eigenvalue weighted by molar-refractivity contribution is 5.94. The number of piperidine rings is 1. The minimum atomic E-state index is -0.792. The van der Waals surface area contributed by atoms with E-state index in [-0.39, 0.29) is 30.3 Å². The Morgan fingerprint density at radius 2 is 1.78 bits per heavy atom. The molecule has 1 fully saturated rings. The smallest absolute Gasteiger partial charge is 0.434 e. The van der Waals surface area contributed by atoms with Crippen molar-refractivity contribution >= 4 is 24.0 Å². The molecule has 3 rings (SSSR count). The zero-order valence-corrected chi connectivity index (χ0v) is 17.8. The van der Waals surface area contributed by atoms with Gasteiger partial charge in [-0.2, -0.15) is 0 Å². The van der Waals surface area contributed by atoms with Gasteiger partial charge in [0.25, 0.3) is 5.91 Å². The fraction of sp³-hybridized carbons (Fsp3) is 0.292. The second-order valence-corrected chi connectivity index (χ2v) is 7.24. The van der Waals surface area contributed by atoms with E-state index >= 15 is 0 Å². The molecule has 1 aliphatic rings. The lowest BCUT2D eigenvalue weighted by molar-refractivity contribution is -0.117. The van der Waals surface area contributed by atoms with Gasteiger partial charge in [0.15, 0.2) is 0 Å². The van der Waals surface area contributed by atoms with E-state index in [1.54, 1.807) is 54.3 Å². The van der Waals surface area contributed by atoms with Crippen molar-refractivity contribution in [3.63, 3.8) is 0 Å². The van der Waals surface area contributed by atoms with Gasteiger partial charge < -0.3 is 19.7 Å². The molecule has 32 heavy (non-hydrogen) atoms. The fourth-order valence-electron chi connectivity index (χ4n) is 3.34. The molecule has 2 aromatic carbocycles. The summed E-state index contributed by atoms with van der Waals surface area (Å²) in [7, 11) is 0. The van der Waals surface area contributed by atoms with Crippen molar-refractivity contribution < 1.29 is 28.2 Å². The van der Waals surface area contributed by atoms with Crippen LogP contribution in [-0.4, -0.2) is 48.6 Å². The molecule has 2 aromatic rings. The second-order valence-electron chi connectivity index (χ2n) is 7.24. The minimum absolute atomic E-state index is 0.0582. The van der Waals surface area contributed by atoms with Crippen LogP contribution in [0.3, 0.4) is 0 Å². The normalized spacial score (nSPS) is 14.2. The third kappa shape index (κ3) is 6.41. The molecule has 1 saturated heterocycles. The number of rotatable bonds is 6. The third-order valence-corrected chi connectivity index (χ3v) is 5.01. The number of likely N-dealkylation sites (tertiary alicyclic amines) is 1. The molecule has 8 heteroatoms. The fourth-order valence-corrected chi connectivity index (χ4v) is 3.34. The van der Waals surface area contributed by atoms with Crippen molar-refractivity contribution in [3.8, 4) is 5.75 Å². The van der Waals surface area contributed by atoms with Gasteiger partial charge in [-0.3, -0.25) is 9.59 Å². The molecule has 0 radical (unpaired) electrons. The quantitative estimate of drug-likeness (QED) is 0.420. The SMILES string of the molecule is CCOC(=O)Oc1ccc(C(=O)N2CCC(NC(=O)/C=C/c3ccccc3F)CC2)cc1. The van der Waals surface area contributed by atoms with Crippen molar-refractivity contribution in [3.05, 3.63) is 71.6 Å². The molecule has 2 amide bonds. The van der Waals surface area contributed by atoms with Crippen molar-refractivity contribution in [1.82, 2.24) is 10.2 Å². The van der Waals surface area contributed by atoms with E-state index < -0.39 is 6.16 Å². The Morgan fingerprint density at radius 3 is 2.44 bits per heavy atom. The Kier molecular flexibility index (Phi) is 7.96. The van der Waals surface area contributed by atoms with Crippen molar-refractivity contribution in [1.29, 1.82) is 0 Å². The summed E-state index contributed by atoms with van der Waals surface area (Å²) in [5.74, 6) is -0.513. The van der Waals surface area contributed by atoms with Crippen LogP contribution in [0.25, 0.3) is 6.08 Å². The van der Waals surface area contributed by atoms with E-state index in [1.165, 1.54) is 18.2 Å². The van der Waals surface area contributed by atoms with Crippen LogP contribution in [0.4, 0.5) is 9.18 Å². The topological polar surface area (TPSA) is 84.9 Å². The first-order chi connectivity index (χ1) is 15.5. The first kappa shape index (κ1) is 23.0. The van der Waals surface area contributed by atoms with Crippen molar-refractivity contribution in [2.45, 2.75) is 25.8 Å². The van der Waals surface area contributed by atoms with E-state index in [4.69, 9.17) is 9.47 Å². The summed E-state index contributed by atoms with van der Waals surface area (Å²) < 4.78 is 23.3. The van der Waals surface area contributed by atoms with Crippen LogP contribution >= 0.6 is 0 Å². The van der Waals surface area contributed by atoms with Crippen molar-refractivity contribution in [2.24, 2.45) is 0 Å². The molecule has 0 aliphatic carbocycles. The second kappa shape index (κ2) is 11.1. The van der Waals surface area contributed by atoms with Gasteiger partial charge in [0.1, 0.15) is 11.6 Å². The molecule has 1 heterocycles. The molecule has 0 saturated carbocycles. The highest BCUT2D eigenvalue weighted by Gasteiger charge is 2.24. The maximum atomic E-state index is 13.6. The van der Waals surface area contributed by atoms with Crippen LogP contribution in [0.15, 0.2) is 54.6 Å². The standard InChI is InChI=1S/C24H25FN2O5/c1-2-31-24(30)32-20-10-7-18(8-11-20)23(29)27-15-13-19(14-16-27)26-22(28)12-9-17-5-3-4-6-21(17)25/h3-12,19H,2,13-16H2,1H3,(H,26,28)/b12-9+. The average molecular weight is 440 g/mol. The van der Waals surface area contributed by atoms with E-state index in [2.05, 4.69) is 5.32 Å². The average Bonchev–Trinajstić information content (AvgIpc) is 2.79. The molecular formula is C24H25FN2O5. The van der Waals surface area contributed by atoms with Gasteiger partial charge >= 0.3 is 6.16 Å². The summed E-state index contributed by atoms with van der Waals surface area (Å²) in [5, 5.41) is 2.90. The molecule has 0 unspecified atom stereocenters. The monoisotopic (exact) mass is 440 g/mol. The first-order valence-electron chi connectivity index (χ1n) is 10.4. The highest BCUT2D eigenvalue weighted by Crippen LogP contribution is 2.18. The number of nitrogens with one attached hydrogen (secondary N) is 1. The number of hydrogen-bond acceptors (Lipinski definition) is 5. The highest BCUT2D eigenvalue weighted by atomic mass is 19.1. The molecule has 1 N–H and O–H groups in total. The lowest BCUT2D eigenvalue weighted by atomic mass is 10.0. The zero-order valence-electron chi connectivity index (χ0n) is 17.8. The molecule has 7 nitrogen and oxygen atoms in total. The molecule has 168 valence electrons. The van der Waals surface area contributed by atoms with Crippen LogP contribution < -0.4 is 10.1 Å². The molecule has 0 spiro atoms.